The molecule has 0 bridgehead atoms. The van der Waals surface area contributed by atoms with Gasteiger partial charge in [0, 0.05) is 32.0 Å². The topological polar surface area (TPSA) is 110 Å². The van der Waals surface area contributed by atoms with E-state index in [2.05, 4.69) is 30.4 Å². The second-order valence-electron chi connectivity index (χ2n) is 5.50. The zero-order valence-electron chi connectivity index (χ0n) is 13.1. The number of nitrogens with two attached hydrogens (primary N) is 1. The Morgan fingerprint density at radius 1 is 1.42 bits per heavy atom. The van der Waals surface area contributed by atoms with E-state index in [-0.39, 0.29) is 5.91 Å². The van der Waals surface area contributed by atoms with Crippen LogP contribution in [0.25, 0.3) is 0 Å². The summed E-state index contributed by atoms with van der Waals surface area (Å²) < 4.78 is 0.715. The smallest absolute Gasteiger partial charge is 0.230 e. The quantitative estimate of drug-likeness (QED) is 0.731. The van der Waals surface area contributed by atoms with Crippen LogP contribution in [-0.4, -0.2) is 51.5 Å². The summed E-state index contributed by atoms with van der Waals surface area (Å²) in [7, 11) is 0. The number of hydrogen-bond acceptors (Lipinski definition) is 9. The number of carbonyl (C=O) groups excluding carboxylic acids is 1. The van der Waals surface area contributed by atoms with Gasteiger partial charge in [-0.25, -0.2) is 9.97 Å². The number of hydrogen-bond donors (Lipinski definition) is 2. The number of nitrogens with one attached hydrogen (secondary N) is 1. The molecule has 0 radical (unpaired) electrons. The van der Waals surface area contributed by atoms with E-state index >= 15 is 0 Å². The Kier molecular flexibility index (Phi) is 5.81. The highest BCUT2D eigenvalue weighted by Crippen LogP contribution is 2.23. The van der Waals surface area contributed by atoms with Crippen molar-refractivity contribution in [3.63, 3.8) is 0 Å². The molecule has 1 fully saturated rings. The first kappa shape index (κ1) is 16.9. The molecule has 1 atom stereocenters. The molecular formula is C14H19N7OS2. The number of nitrogen functional groups attached to an aromatic ring is 1. The molecule has 0 aromatic carbocycles. The Morgan fingerprint density at radius 3 is 3.00 bits per heavy atom. The number of nitrogens with zero attached hydrogens (tertiary/aromatic N) is 5. The van der Waals surface area contributed by atoms with Gasteiger partial charge in [0.1, 0.15) is 0 Å². The normalized spacial score (nSPS) is 17.7. The predicted octanol–water partition coefficient (Wildman–Crippen LogP) is 1.04. The number of aromatic nitrogens is 4. The average molecular weight is 365 g/mol. The summed E-state index contributed by atoms with van der Waals surface area (Å²) in [6, 6.07) is 1.81. The van der Waals surface area contributed by atoms with Crippen molar-refractivity contribution in [2.24, 2.45) is 5.92 Å². The third-order valence-electron chi connectivity index (χ3n) is 3.69. The van der Waals surface area contributed by atoms with Crippen LogP contribution in [-0.2, 0) is 4.79 Å². The fraction of sp³-hybridized carbons (Fsp3) is 0.500. The lowest BCUT2D eigenvalue weighted by Crippen LogP contribution is -2.42. The van der Waals surface area contributed by atoms with E-state index in [0.717, 1.165) is 31.9 Å². The van der Waals surface area contributed by atoms with Gasteiger partial charge in [0.15, 0.2) is 4.34 Å². The van der Waals surface area contributed by atoms with Gasteiger partial charge in [-0.15, -0.1) is 10.2 Å². The second-order valence-corrected chi connectivity index (χ2v) is 7.73. The zero-order chi connectivity index (χ0) is 16.8. The maximum Gasteiger partial charge on any atom is 0.230 e. The SMILES string of the molecule is Nc1nnc(SCC(=O)NC[C@@H]2CCCN(c3ncccn3)C2)s1. The molecule has 3 N–H and O–H groups in total. The van der Waals surface area contributed by atoms with Crippen LogP contribution in [0.5, 0.6) is 0 Å². The summed E-state index contributed by atoms with van der Waals surface area (Å²) in [6.45, 7) is 2.49. The maximum atomic E-state index is 12.0. The first-order chi connectivity index (χ1) is 11.7. The molecule has 0 unspecified atom stereocenters. The van der Waals surface area contributed by atoms with E-state index in [1.54, 1.807) is 12.4 Å². The Labute approximate surface area is 148 Å². The van der Waals surface area contributed by atoms with Gasteiger partial charge in [-0.05, 0) is 24.8 Å². The highest BCUT2D eigenvalue weighted by molar-refractivity contribution is 8.01. The van der Waals surface area contributed by atoms with Crippen molar-refractivity contribution in [2.45, 2.75) is 17.2 Å². The Balaban J connectivity index is 1.41. The first-order valence-corrected chi connectivity index (χ1v) is 9.51. The van der Waals surface area contributed by atoms with Crippen molar-refractivity contribution in [1.29, 1.82) is 0 Å². The zero-order valence-corrected chi connectivity index (χ0v) is 14.7. The summed E-state index contributed by atoms with van der Waals surface area (Å²) in [5.74, 6) is 1.50. The lowest BCUT2D eigenvalue weighted by molar-refractivity contribution is -0.118. The van der Waals surface area contributed by atoms with Crippen molar-refractivity contribution in [2.75, 3.05) is 36.0 Å². The van der Waals surface area contributed by atoms with E-state index < -0.39 is 0 Å². The van der Waals surface area contributed by atoms with Crippen LogP contribution >= 0.6 is 23.1 Å². The molecule has 0 aliphatic carbocycles. The Bertz CT molecular complexity index is 666. The number of thioether (sulfide) groups is 1. The number of amides is 1. The molecule has 8 nitrogen and oxygen atoms in total. The van der Waals surface area contributed by atoms with Crippen molar-refractivity contribution in [1.82, 2.24) is 25.5 Å². The standard InChI is InChI=1S/C14H19N7OS2/c15-12-19-20-14(24-12)23-9-11(22)18-7-10-3-1-6-21(8-10)13-16-4-2-5-17-13/h2,4-5,10H,1,3,6-9H2,(H2,15,19)(H,18,22)/t10-/m0/s1. The molecule has 1 aliphatic rings. The summed E-state index contributed by atoms with van der Waals surface area (Å²) in [4.78, 5) is 22.8. The van der Waals surface area contributed by atoms with Crippen LogP contribution in [0.2, 0.25) is 0 Å². The first-order valence-electron chi connectivity index (χ1n) is 7.71. The van der Waals surface area contributed by atoms with Crippen LogP contribution < -0.4 is 16.0 Å². The summed E-state index contributed by atoms with van der Waals surface area (Å²) in [5, 5.41) is 11.0. The van der Waals surface area contributed by atoms with Gasteiger partial charge >= 0.3 is 0 Å². The summed E-state index contributed by atoms with van der Waals surface area (Å²) >= 11 is 2.65. The molecule has 24 heavy (non-hydrogen) atoms. The summed E-state index contributed by atoms with van der Waals surface area (Å²) in [5.41, 5.74) is 5.52. The van der Waals surface area contributed by atoms with Gasteiger partial charge in [-0.3, -0.25) is 4.79 Å². The highest BCUT2D eigenvalue weighted by atomic mass is 32.2. The van der Waals surface area contributed by atoms with Gasteiger partial charge in [0.25, 0.3) is 0 Å². The van der Waals surface area contributed by atoms with Gasteiger partial charge in [0.05, 0.1) is 5.75 Å². The van der Waals surface area contributed by atoms with Crippen molar-refractivity contribution < 1.29 is 4.79 Å². The van der Waals surface area contributed by atoms with Crippen LogP contribution in [0.15, 0.2) is 22.8 Å². The fourth-order valence-corrected chi connectivity index (χ4v) is 4.05. The molecule has 2 aromatic rings. The minimum absolute atomic E-state index is 0.00172. The fourth-order valence-electron chi connectivity index (χ4n) is 2.58. The maximum absolute atomic E-state index is 12.0. The molecule has 0 spiro atoms. The van der Waals surface area contributed by atoms with E-state index in [0.29, 0.717) is 27.7 Å². The average Bonchev–Trinajstić information content (AvgIpc) is 3.04. The molecule has 3 rings (SSSR count). The largest absolute Gasteiger partial charge is 0.374 e. The van der Waals surface area contributed by atoms with Gasteiger partial charge in [0.2, 0.25) is 17.0 Å². The van der Waals surface area contributed by atoms with E-state index in [1.807, 2.05) is 6.07 Å². The Morgan fingerprint density at radius 2 is 2.25 bits per heavy atom. The minimum atomic E-state index is 0.00172. The third kappa shape index (κ3) is 4.78. The van der Waals surface area contributed by atoms with Crippen LogP contribution in [0, 0.1) is 5.92 Å². The van der Waals surface area contributed by atoms with Crippen LogP contribution in [0.1, 0.15) is 12.8 Å². The molecule has 1 amide bonds. The third-order valence-corrected chi connectivity index (χ3v) is 5.58. The van der Waals surface area contributed by atoms with Crippen LogP contribution in [0.4, 0.5) is 11.1 Å². The summed E-state index contributed by atoms with van der Waals surface area (Å²) in [6.07, 6.45) is 5.69. The van der Waals surface area contributed by atoms with Crippen molar-refractivity contribution >= 4 is 40.1 Å². The van der Waals surface area contributed by atoms with E-state index in [4.69, 9.17) is 5.73 Å². The molecule has 2 aromatic heterocycles. The minimum Gasteiger partial charge on any atom is -0.374 e. The van der Waals surface area contributed by atoms with Gasteiger partial charge < -0.3 is 16.0 Å². The van der Waals surface area contributed by atoms with Crippen molar-refractivity contribution in [3.8, 4) is 0 Å². The molecule has 0 saturated carbocycles. The number of anilines is 2. The molecule has 3 heterocycles. The van der Waals surface area contributed by atoms with Gasteiger partial charge in [-0.1, -0.05) is 23.1 Å². The number of rotatable bonds is 6. The lowest BCUT2D eigenvalue weighted by atomic mass is 9.98. The molecule has 128 valence electrons. The van der Waals surface area contributed by atoms with Crippen molar-refractivity contribution in [3.05, 3.63) is 18.5 Å². The van der Waals surface area contributed by atoms with E-state index in [1.165, 1.54) is 23.1 Å². The number of carbonyl (C=O) groups is 1. The molecule has 1 aliphatic heterocycles. The Hall–Kier alpha value is -1.94. The second kappa shape index (κ2) is 8.25. The lowest BCUT2D eigenvalue weighted by Gasteiger charge is -2.32. The highest BCUT2D eigenvalue weighted by Gasteiger charge is 2.22. The van der Waals surface area contributed by atoms with Crippen LogP contribution in [0.3, 0.4) is 0 Å². The molecule has 1 saturated heterocycles. The molecule has 10 heteroatoms. The van der Waals surface area contributed by atoms with Gasteiger partial charge in [-0.2, -0.15) is 0 Å². The predicted molar refractivity (Wildman–Crippen MR) is 95.0 cm³/mol. The molecular weight excluding hydrogens is 346 g/mol. The monoisotopic (exact) mass is 365 g/mol. The van der Waals surface area contributed by atoms with E-state index in [9.17, 15) is 4.79 Å². The number of piperidine rings is 1.